The zero-order valence-electron chi connectivity index (χ0n) is 32.0. The molecule has 0 saturated carbocycles. The van der Waals surface area contributed by atoms with Gasteiger partial charge in [0, 0.05) is 32.6 Å². The maximum absolute atomic E-state index is 12.4. The van der Waals surface area contributed by atoms with Crippen molar-refractivity contribution in [2.24, 2.45) is 0 Å². The van der Waals surface area contributed by atoms with Crippen LogP contribution in [0.25, 0.3) is 0 Å². The third-order valence-corrected chi connectivity index (χ3v) is 10.7. The topological polar surface area (TPSA) is 35.6 Å². The first-order valence-corrected chi connectivity index (χ1v) is 21.5. The molecule has 0 spiro atoms. The first kappa shape index (κ1) is 43.4. The van der Waals surface area contributed by atoms with Crippen molar-refractivity contribution in [2.75, 3.05) is 32.7 Å². The molecular formula is C42H85N3O. The second-order valence-electron chi connectivity index (χ2n) is 14.9. The highest BCUT2D eigenvalue weighted by molar-refractivity contribution is 5.75. The molecule has 0 bridgehead atoms. The average molecular weight is 648 g/mol. The molecule has 46 heavy (non-hydrogen) atoms. The fourth-order valence-corrected chi connectivity index (χ4v) is 7.56. The van der Waals surface area contributed by atoms with Crippen LogP contribution in [-0.2, 0) is 4.79 Å². The zero-order valence-corrected chi connectivity index (χ0v) is 32.0. The van der Waals surface area contributed by atoms with Crippen LogP contribution in [-0.4, -0.2) is 54.6 Å². The van der Waals surface area contributed by atoms with E-state index in [0.29, 0.717) is 12.6 Å². The average Bonchev–Trinajstić information content (AvgIpc) is 3.46. The van der Waals surface area contributed by atoms with Gasteiger partial charge in [0.2, 0.25) is 5.91 Å². The molecule has 1 atom stereocenters. The van der Waals surface area contributed by atoms with Crippen LogP contribution in [0.4, 0.5) is 0 Å². The number of hydrogen-bond donors (Lipinski definition) is 1. The first-order chi connectivity index (χ1) is 22.7. The molecule has 1 heterocycles. The number of carbonyl (C=O) groups excluding carboxylic acids is 1. The Morgan fingerprint density at radius 2 is 0.826 bits per heavy atom. The summed E-state index contributed by atoms with van der Waals surface area (Å²) in [5.41, 5.74) is 0. The third-order valence-electron chi connectivity index (χ3n) is 10.7. The molecule has 0 radical (unpaired) electrons. The van der Waals surface area contributed by atoms with Crippen LogP contribution in [0.15, 0.2) is 0 Å². The highest BCUT2D eigenvalue weighted by Crippen LogP contribution is 2.21. The Balaban J connectivity index is 1.94. The van der Waals surface area contributed by atoms with E-state index in [2.05, 4.69) is 35.9 Å². The molecule has 0 aliphatic carbocycles. The fraction of sp³-hybridized carbons (Fsp3) is 0.976. The number of likely N-dealkylation sites (N-methyl/N-ethyl adjacent to an activating group) is 1. The van der Waals surface area contributed by atoms with Crippen LogP contribution < -0.4 is 5.32 Å². The molecule has 1 amide bonds. The molecule has 1 aliphatic heterocycles. The molecular weight excluding hydrogens is 562 g/mol. The molecule has 4 nitrogen and oxygen atoms in total. The molecule has 0 aromatic heterocycles. The molecule has 1 saturated heterocycles. The molecule has 4 heteroatoms. The van der Waals surface area contributed by atoms with Gasteiger partial charge in [0.05, 0.1) is 6.17 Å². The standard InChI is InChI=1S/C42H85N3O/c1-4-7-9-11-13-15-17-19-21-23-25-27-29-31-33-35-41(46)43-37-38-45-40-39-44(6-3)42(45)36-34-32-30-28-26-24-22-20-18-16-14-12-10-8-5-2/h42H,4-40H2,1-3H3,(H,43,46). The van der Waals surface area contributed by atoms with Crippen molar-refractivity contribution in [1.29, 1.82) is 0 Å². The van der Waals surface area contributed by atoms with Gasteiger partial charge in [0.25, 0.3) is 0 Å². The Labute approximate surface area is 290 Å². The number of nitrogens with zero attached hydrogens (tertiary/aromatic N) is 2. The van der Waals surface area contributed by atoms with Crippen molar-refractivity contribution < 1.29 is 4.79 Å². The van der Waals surface area contributed by atoms with Crippen molar-refractivity contribution in [1.82, 2.24) is 15.1 Å². The Morgan fingerprint density at radius 1 is 0.478 bits per heavy atom. The normalized spacial score (nSPS) is 15.7. The van der Waals surface area contributed by atoms with Gasteiger partial charge in [-0.1, -0.05) is 207 Å². The number of carbonyl (C=O) groups is 1. The van der Waals surface area contributed by atoms with Gasteiger partial charge in [-0.3, -0.25) is 14.6 Å². The van der Waals surface area contributed by atoms with E-state index in [9.17, 15) is 4.79 Å². The molecule has 1 aliphatic rings. The molecule has 1 unspecified atom stereocenters. The summed E-state index contributed by atoms with van der Waals surface area (Å²) in [4.78, 5) is 17.7. The van der Waals surface area contributed by atoms with E-state index >= 15 is 0 Å². The first-order valence-electron chi connectivity index (χ1n) is 21.5. The van der Waals surface area contributed by atoms with E-state index in [4.69, 9.17) is 0 Å². The van der Waals surface area contributed by atoms with E-state index in [0.717, 1.165) is 32.6 Å². The summed E-state index contributed by atoms with van der Waals surface area (Å²) in [5, 5.41) is 3.24. The quantitative estimate of drug-likeness (QED) is 0.0687. The lowest BCUT2D eigenvalue weighted by atomic mass is 10.0. The van der Waals surface area contributed by atoms with Crippen molar-refractivity contribution in [3.63, 3.8) is 0 Å². The Hall–Kier alpha value is -0.610. The van der Waals surface area contributed by atoms with E-state index in [-0.39, 0.29) is 5.91 Å². The summed E-state index contributed by atoms with van der Waals surface area (Å²) >= 11 is 0. The Kier molecular flexibility index (Phi) is 32.3. The zero-order chi connectivity index (χ0) is 33.2. The fourth-order valence-electron chi connectivity index (χ4n) is 7.56. The second kappa shape index (κ2) is 34.3. The molecule has 0 aromatic carbocycles. The minimum Gasteiger partial charge on any atom is -0.355 e. The van der Waals surface area contributed by atoms with Gasteiger partial charge in [-0.05, 0) is 19.4 Å². The number of amides is 1. The van der Waals surface area contributed by atoms with Gasteiger partial charge in [0.15, 0.2) is 0 Å². The van der Waals surface area contributed by atoms with Crippen LogP contribution in [0.3, 0.4) is 0 Å². The summed E-state index contributed by atoms with van der Waals surface area (Å²) in [6, 6.07) is 0. The van der Waals surface area contributed by atoms with E-state index in [1.54, 1.807) is 0 Å². The van der Waals surface area contributed by atoms with Crippen LogP contribution in [0, 0.1) is 0 Å². The minimum absolute atomic E-state index is 0.264. The second-order valence-corrected chi connectivity index (χ2v) is 14.9. The van der Waals surface area contributed by atoms with Crippen LogP contribution >= 0.6 is 0 Å². The maximum atomic E-state index is 12.4. The molecule has 1 N–H and O–H groups in total. The van der Waals surface area contributed by atoms with Crippen molar-refractivity contribution in [3.05, 3.63) is 0 Å². The lowest BCUT2D eigenvalue weighted by molar-refractivity contribution is -0.121. The predicted octanol–water partition coefficient (Wildman–Crippen LogP) is 12.6. The number of rotatable bonds is 36. The van der Waals surface area contributed by atoms with E-state index < -0.39 is 0 Å². The third kappa shape index (κ3) is 26.4. The van der Waals surface area contributed by atoms with Gasteiger partial charge >= 0.3 is 0 Å². The molecule has 274 valence electrons. The van der Waals surface area contributed by atoms with Crippen molar-refractivity contribution in [3.8, 4) is 0 Å². The predicted molar refractivity (Wildman–Crippen MR) is 205 cm³/mol. The van der Waals surface area contributed by atoms with Gasteiger partial charge in [-0.25, -0.2) is 0 Å². The summed E-state index contributed by atoms with van der Waals surface area (Å²) in [6.45, 7) is 12.2. The summed E-state index contributed by atoms with van der Waals surface area (Å²) < 4.78 is 0. The van der Waals surface area contributed by atoms with Crippen LogP contribution in [0.2, 0.25) is 0 Å². The number of unbranched alkanes of at least 4 members (excludes halogenated alkanes) is 28. The monoisotopic (exact) mass is 648 g/mol. The minimum atomic E-state index is 0.264. The lowest BCUT2D eigenvalue weighted by Crippen LogP contribution is -2.42. The van der Waals surface area contributed by atoms with Crippen LogP contribution in [0.1, 0.15) is 226 Å². The molecule has 1 fully saturated rings. The Morgan fingerprint density at radius 3 is 1.22 bits per heavy atom. The van der Waals surface area contributed by atoms with Gasteiger partial charge in [-0.15, -0.1) is 0 Å². The summed E-state index contributed by atoms with van der Waals surface area (Å²) in [7, 11) is 0. The van der Waals surface area contributed by atoms with Crippen molar-refractivity contribution in [2.45, 2.75) is 232 Å². The van der Waals surface area contributed by atoms with E-state index in [1.807, 2.05) is 0 Å². The summed E-state index contributed by atoms with van der Waals surface area (Å²) in [6.07, 6.45) is 44.6. The highest BCUT2D eigenvalue weighted by atomic mass is 16.1. The lowest BCUT2D eigenvalue weighted by Gasteiger charge is -2.29. The Bertz CT molecular complexity index is 626. The van der Waals surface area contributed by atoms with E-state index in [1.165, 1.54) is 199 Å². The summed E-state index contributed by atoms with van der Waals surface area (Å²) in [5.74, 6) is 0.264. The van der Waals surface area contributed by atoms with Crippen LogP contribution in [0.5, 0.6) is 0 Å². The molecule has 0 aromatic rings. The highest BCUT2D eigenvalue weighted by Gasteiger charge is 2.29. The molecule has 1 rings (SSSR count). The number of hydrogen-bond acceptors (Lipinski definition) is 3. The van der Waals surface area contributed by atoms with Gasteiger partial charge < -0.3 is 5.32 Å². The van der Waals surface area contributed by atoms with Crippen molar-refractivity contribution >= 4 is 5.91 Å². The largest absolute Gasteiger partial charge is 0.355 e. The van der Waals surface area contributed by atoms with Gasteiger partial charge in [0.1, 0.15) is 0 Å². The number of nitrogens with one attached hydrogen (secondary N) is 1. The smallest absolute Gasteiger partial charge is 0.220 e. The maximum Gasteiger partial charge on any atom is 0.220 e. The van der Waals surface area contributed by atoms with Gasteiger partial charge in [-0.2, -0.15) is 0 Å². The SMILES string of the molecule is CCCCCCCCCCCCCCCCCC(=O)NCCN1CCN(CC)C1CCCCCCCCCCCCCCCCC.